The molecule has 1 atom stereocenters. The largest absolute Gasteiger partial charge is 0.508 e. The molecule has 0 aliphatic carbocycles. The smallest absolute Gasteiger partial charge is 0.320 e. The quantitative estimate of drug-likeness (QED) is 0.621. The number of aliphatic carboxylic acids is 1. The van der Waals surface area contributed by atoms with Crippen LogP contribution in [0.15, 0.2) is 24.2 Å². The highest BCUT2D eigenvalue weighted by Gasteiger charge is 2.11. The molecule has 0 heterocycles. The van der Waals surface area contributed by atoms with Gasteiger partial charge in [0.25, 0.3) is 1.43 Å². The molecule has 0 aliphatic rings. The van der Waals surface area contributed by atoms with E-state index in [1.807, 2.05) is 0 Å². The van der Waals surface area contributed by atoms with Gasteiger partial charge >= 0.3 is 5.97 Å². The zero-order valence-corrected chi connectivity index (χ0v) is 6.52. The highest BCUT2D eigenvalue weighted by atomic mass is 16.4. The molecule has 4 nitrogen and oxygen atoms in total. The van der Waals surface area contributed by atoms with E-state index in [4.69, 9.17) is 13.5 Å². The number of carboxylic acid groups (broad SMARTS) is 1. The molecule has 0 bridgehead atoms. The summed E-state index contributed by atoms with van der Waals surface area (Å²) < 4.78 is 43.9. The lowest BCUT2D eigenvalue weighted by Crippen LogP contribution is -2.32. The first-order chi connectivity index (χ1) is 8.73. The van der Waals surface area contributed by atoms with Gasteiger partial charge in [-0.3, -0.25) is 4.79 Å². The zero-order chi connectivity index (χ0) is 14.8. The second kappa shape index (κ2) is 3.91. The number of rotatable bonds is 5. The molecule has 1 aromatic carbocycles. The Labute approximate surface area is 84.2 Å². The summed E-state index contributed by atoms with van der Waals surface area (Å²) in [5.74, 6) is -1.95. The van der Waals surface area contributed by atoms with Crippen LogP contribution in [0.4, 0.5) is 0 Å². The number of carbonyl (C=O) groups is 1. The Balaban J connectivity index is 3.37. The van der Waals surface area contributed by atoms with Crippen molar-refractivity contribution in [3.63, 3.8) is 0 Å². The van der Waals surface area contributed by atoms with Crippen LogP contribution >= 0.6 is 0 Å². The summed E-state index contributed by atoms with van der Waals surface area (Å²) in [4.78, 5) is 11.0. The van der Waals surface area contributed by atoms with Gasteiger partial charge in [-0.05, 0) is 24.0 Å². The van der Waals surface area contributed by atoms with Gasteiger partial charge in [0.2, 0.25) is 0 Å². The molecule has 0 fully saturated rings. The van der Waals surface area contributed by atoms with Gasteiger partial charge in [0, 0.05) is 2.74 Å². The van der Waals surface area contributed by atoms with E-state index in [1.165, 1.54) is 12.1 Å². The SMILES string of the molecule is [2H]Oc1cccc(C([2H])([2H])[C@@H](C(=O)O)N([2H])[2H])c1[2H]. The highest BCUT2D eigenvalue weighted by Crippen LogP contribution is 2.11. The summed E-state index contributed by atoms with van der Waals surface area (Å²) in [7, 11) is 0. The van der Waals surface area contributed by atoms with E-state index in [-0.39, 0.29) is 17.0 Å². The van der Waals surface area contributed by atoms with Crippen LogP contribution in [0.1, 0.15) is 9.68 Å². The number of phenolic OH excluding ortho intramolecular Hbond substituents is 1. The molecule has 13 heavy (non-hydrogen) atoms. The Hall–Kier alpha value is -1.55. The molecule has 0 aliphatic heterocycles. The molecule has 0 aromatic heterocycles. The van der Waals surface area contributed by atoms with E-state index in [0.29, 0.717) is 0 Å². The first-order valence-corrected chi connectivity index (χ1v) is 3.46. The average Bonchev–Trinajstić information content (AvgIpc) is 2.27. The monoisotopic (exact) mass is 187 g/mol. The Kier molecular flexibility index (Phi) is 1.23. The minimum atomic E-state index is -2.67. The predicted octanol–water partition coefficient (Wildman–Crippen LogP) is 0.347. The van der Waals surface area contributed by atoms with E-state index in [1.54, 1.807) is 0 Å². The van der Waals surface area contributed by atoms with Crippen LogP contribution in [0.25, 0.3) is 0 Å². The second-order valence-electron chi connectivity index (χ2n) is 2.31. The highest BCUT2D eigenvalue weighted by molar-refractivity contribution is 5.73. The number of hydrogen-bond acceptors (Lipinski definition) is 3. The van der Waals surface area contributed by atoms with Crippen molar-refractivity contribution in [1.29, 1.82) is 1.43 Å². The van der Waals surface area contributed by atoms with Crippen molar-refractivity contribution in [1.82, 2.24) is 0 Å². The maximum absolute atomic E-state index is 11.0. The van der Waals surface area contributed by atoms with Gasteiger partial charge in [0.05, 0.1) is 1.37 Å². The van der Waals surface area contributed by atoms with E-state index in [0.717, 1.165) is 6.07 Å². The van der Waals surface area contributed by atoms with Crippen molar-refractivity contribution < 1.29 is 21.9 Å². The van der Waals surface area contributed by atoms with Gasteiger partial charge in [0.15, 0.2) is 0 Å². The first-order valence-electron chi connectivity index (χ1n) is 6.26. The molecule has 4 N–H and O–H groups in total. The minimum Gasteiger partial charge on any atom is -0.508 e. The minimum absolute atomic E-state index is 0.243. The van der Waals surface area contributed by atoms with Crippen molar-refractivity contribution >= 4 is 5.97 Å². The Morgan fingerprint density at radius 1 is 1.92 bits per heavy atom. The fraction of sp³-hybridized carbons (Fsp3) is 0.222. The summed E-state index contributed by atoms with van der Waals surface area (Å²) >= 11 is 0. The summed E-state index contributed by atoms with van der Waals surface area (Å²) in [5, 5.41) is 13.0. The van der Waals surface area contributed by atoms with E-state index in [9.17, 15) is 4.79 Å². The molecule has 0 radical (unpaired) electrons. The number of carboxylic acids is 1. The molecule has 0 spiro atoms. The van der Waals surface area contributed by atoms with Gasteiger partial charge < -0.3 is 15.9 Å². The molecule has 0 saturated carbocycles. The van der Waals surface area contributed by atoms with Crippen LogP contribution in [0, 0.1) is 0 Å². The van der Waals surface area contributed by atoms with Crippen molar-refractivity contribution in [2.75, 3.05) is 0 Å². The second-order valence-corrected chi connectivity index (χ2v) is 2.31. The Morgan fingerprint density at radius 2 is 2.77 bits per heavy atom. The van der Waals surface area contributed by atoms with E-state index < -0.39 is 24.4 Å². The van der Waals surface area contributed by atoms with Crippen LogP contribution < -0.4 is 5.72 Å². The van der Waals surface area contributed by atoms with Crippen LogP contribution in [0.3, 0.4) is 0 Å². The third-order valence-electron chi connectivity index (χ3n) is 1.29. The third-order valence-corrected chi connectivity index (χ3v) is 1.29. The van der Waals surface area contributed by atoms with Crippen molar-refractivity contribution in [2.45, 2.75) is 12.4 Å². The molecule has 1 aromatic rings. The molecule has 0 unspecified atom stereocenters. The normalized spacial score (nSPS) is 20.1. The lowest BCUT2D eigenvalue weighted by atomic mass is 10.1. The summed E-state index contributed by atoms with van der Waals surface area (Å²) in [5.41, 5.74) is -0.634. The van der Waals surface area contributed by atoms with Gasteiger partial charge in [-0.15, -0.1) is 0 Å². The molecular formula is C9H11NO3. The Bertz CT molecular complexity index is 481. The first kappa shape index (κ1) is 4.11. The molecule has 70 valence electrons. The zero-order valence-electron chi connectivity index (χ0n) is 12.5. The van der Waals surface area contributed by atoms with Gasteiger partial charge in [-0.25, -0.2) is 0 Å². The average molecular weight is 187 g/mol. The predicted molar refractivity (Wildman–Crippen MR) is 47.4 cm³/mol. The van der Waals surface area contributed by atoms with Crippen molar-refractivity contribution in [3.05, 3.63) is 29.8 Å². The summed E-state index contributed by atoms with van der Waals surface area (Å²) in [6.07, 6.45) is -2.67. The van der Waals surface area contributed by atoms with Crippen molar-refractivity contribution in [2.24, 2.45) is 5.72 Å². The molecule has 0 amide bonds. The molecule has 4 heteroatoms. The number of phenols is 1. The maximum atomic E-state index is 11.0. The van der Waals surface area contributed by atoms with Crippen molar-refractivity contribution in [3.8, 4) is 5.75 Å². The number of nitrogens with two attached hydrogens (primary N) is 1. The van der Waals surface area contributed by atoms with Gasteiger partial charge in [0.1, 0.15) is 14.6 Å². The molecule has 1 rings (SSSR count). The Morgan fingerprint density at radius 3 is 3.38 bits per heavy atom. The number of aromatic hydroxyl groups is 1. The van der Waals surface area contributed by atoms with Crippen LogP contribution in [0.2, 0.25) is 2.82 Å². The summed E-state index contributed by atoms with van der Waals surface area (Å²) in [6.45, 7) is 0. The fourth-order valence-electron chi connectivity index (χ4n) is 0.741. The molecular weight excluding hydrogens is 170 g/mol. The van der Waals surface area contributed by atoms with Crippen LogP contribution in [0.5, 0.6) is 5.75 Å². The lowest BCUT2D eigenvalue weighted by Gasteiger charge is -2.05. The van der Waals surface area contributed by atoms with Crippen LogP contribution in [-0.2, 0) is 11.2 Å². The van der Waals surface area contributed by atoms with Gasteiger partial charge in [-0.1, -0.05) is 12.1 Å². The van der Waals surface area contributed by atoms with Gasteiger partial charge in [-0.2, -0.15) is 0 Å². The van der Waals surface area contributed by atoms with E-state index >= 15 is 0 Å². The number of benzene rings is 1. The fourth-order valence-corrected chi connectivity index (χ4v) is 0.741. The maximum Gasteiger partial charge on any atom is 0.320 e. The summed E-state index contributed by atoms with van der Waals surface area (Å²) in [6, 6.07) is 1.11. The third kappa shape index (κ3) is 2.76. The number of hydrogen-bond donors (Lipinski definition) is 3. The molecule has 0 saturated heterocycles. The van der Waals surface area contributed by atoms with Crippen LogP contribution in [-0.4, -0.2) is 23.7 Å². The topological polar surface area (TPSA) is 83.5 Å². The van der Waals surface area contributed by atoms with E-state index in [2.05, 4.69) is 5.11 Å². The standard InChI is InChI=1S/C9H11NO3/c10-8(9(12)13)5-6-2-1-3-7(11)4-6/h1-4,8,11H,5,10H2,(H,12,13)/t8-/m0/s1/i4D,5D2/hD3. The lowest BCUT2D eigenvalue weighted by molar-refractivity contribution is -0.138.